The van der Waals surface area contributed by atoms with Crippen molar-refractivity contribution in [1.82, 2.24) is 5.16 Å². The van der Waals surface area contributed by atoms with Gasteiger partial charge in [0.25, 0.3) is 0 Å². The number of rotatable bonds is 2. The lowest BCUT2D eigenvalue weighted by Gasteiger charge is -2.09. The highest BCUT2D eigenvalue weighted by atomic mass is 16.5. The Kier molecular flexibility index (Phi) is 2.96. The molecule has 100 valence electrons. The van der Waals surface area contributed by atoms with E-state index in [1.807, 2.05) is 6.07 Å². The summed E-state index contributed by atoms with van der Waals surface area (Å²) in [6.45, 7) is 0. The van der Waals surface area contributed by atoms with Crippen molar-refractivity contribution >= 4 is 28.4 Å². The molecule has 6 heteroatoms. The Hall–Kier alpha value is -3.02. The van der Waals surface area contributed by atoms with Gasteiger partial charge in [0.15, 0.2) is 0 Å². The molecule has 0 aliphatic heterocycles. The number of benzene rings is 2. The molecule has 3 N–H and O–H groups in total. The molecule has 0 bridgehead atoms. The number of hydrogen-bond donors (Lipinski definition) is 3. The molecule has 0 saturated heterocycles. The van der Waals surface area contributed by atoms with E-state index in [4.69, 9.17) is 4.52 Å². The highest BCUT2D eigenvalue weighted by molar-refractivity contribution is 6.06. The van der Waals surface area contributed by atoms with Gasteiger partial charge >= 0.3 is 6.03 Å². The molecule has 0 radical (unpaired) electrons. The summed E-state index contributed by atoms with van der Waals surface area (Å²) in [4.78, 5) is 11.8. The third-order valence-corrected chi connectivity index (χ3v) is 2.82. The van der Waals surface area contributed by atoms with E-state index in [1.54, 1.807) is 30.3 Å². The largest absolute Gasteiger partial charge is 0.507 e. The van der Waals surface area contributed by atoms with Gasteiger partial charge in [0.05, 0.1) is 11.9 Å². The van der Waals surface area contributed by atoms with Gasteiger partial charge in [0.2, 0.25) is 5.88 Å². The van der Waals surface area contributed by atoms with Gasteiger partial charge < -0.3 is 14.9 Å². The SMILES string of the molecule is O=C(Nc1ccno1)Nc1cccc2c(O)cccc12. The minimum Gasteiger partial charge on any atom is -0.507 e. The van der Waals surface area contributed by atoms with Crippen LogP contribution in [0.4, 0.5) is 16.4 Å². The van der Waals surface area contributed by atoms with Crippen molar-refractivity contribution in [2.75, 3.05) is 10.6 Å². The maximum absolute atomic E-state index is 11.8. The minimum absolute atomic E-state index is 0.168. The standard InChI is InChI=1S/C14H11N3O3/c18-12-6-2-3-9-10(12)4-1-5-11(9)16-14(19)17-13-7-8-15-20-13/h1-8,18H,(H2,16,17,19). The van der Waals surface area contributed by atoms with Crippen LogP contribution in [-0.4, -0.2) is 16.3 Å². The molecule has 0 aliphatic rings. The molecule has 1 aromatic heterocycles. The fourth-order valence-corrected chi connectivity index (χ4v) is 1.95. The third kappa shape index (κ3) is 2.26. The maximum atomic E-state index is 11.8. The third-order valence-electron chi connectivity index (χ3n) is 2.82. The summed E-state index contributed by atoms with van der Waals surface area (Å²) in [5, 5.41) is 19.9. The predicted molar refractivity (Wildman–Crippen MR) is 74.8 cm³/mol. The first-order valence-corrected chi connectivity index (χ1v) is 5.93. The second kappa shape index (κ2) is 4.93. The second-order valence-corrected chi connectivity index (χ2v) is 4.13. The van der Waals surface area contributed by atoms with Crippen LogP contribution in [0.1, 0.15) is 0 Å². The van der Waals surface area contributed by atoms with Crippen molar-refractivity contribution in [2.45, 2.75) is 0 Å². The molecule has 2 amide bonds. The number of fused-ring (bicyclic) bond motifs is 1. The molecule has 0 aliphatic carbocycles. The normalized spacial score (nSPS) is 10.4. The number of phenols is 1. The zero-order valence-electron chi connectivity index (χ0n) is 10.3. The fourth-order valence-electron chi connectivity index (χ4n) is 1.95. The Morgan fingerprint density at radius 2 is 1.85 bits per heavy atom. The van der Waals surface area contributed by atoms with E-state index >= 15 is 0 Å². The van der Waals surface area contributed by atoms with Crippen LogP contribution in [0, 0.1) is 0 Å². The van der Waals surface area contributed by atoms with Crippen molar-refractivity contribution in [1.29, 1.82) is 0 Å². The van der Waals surface area contributed by atoms with E-state index < -0.39 is 6.03 Å². The molecule has 3 rings (SSSR count). The second-order valence-electron chi connectivity index (χ2n) is 4.13. The number of urea groups is 1. The molecule has 0 spiro atoms. The van der Waals surface area contributed by atoms with E-state index in [1.165, 1.54) is 12.3 Å². The van der Waals surface area contributed by atoms with Crippen LogP contribution < -0.4 is 10.6 Å². The van der Waals surface area contributed by atoms with Gasteiger partial charge in [-0.3, -0.25) is 5.32 Å². The Bertz CT molecular complexity index is 753. The molecule has 20 heavy (non-hydrogen) atoms. The monoisotopic (exact) mass is 269 g/mol. The summed E-state index contributed by atoms with van der Waals surface area (Å²) < 4.78 is 4.79. The molecule has 2 aromatic carbocycles. The van der Waals surface area contributed by atoms with Crippen LogP contribution in [0.5, 0.6) is 5.75 Å². The number of nitrogens with zero attached hydrogens (tertiary/aromatic N) is 1. The molecule has 1 heterocycles. The number of aromatic nitrogens is 1. The molecule has 0 atom stereocenters. The zero-order chi connectivity index (χ0) is 13.9. The van der Waals surface area contributed by atoms with Crippen molar-refractivity contribution in [3.8, 4) is 5.75 Å². The van der Waals surface area contributed by atoms with Crippen LogP contribution in [0.2, 0.25) is 0 Å². The fraction of sp³-hybridized carbons (Fsp3) is 0. The lowest BCUT2D eigenvalue weighted by molar-refractivity contribution is 0.261. The van der Waals surface area contributed by atoms with Crippen LogP contribution in [0.25, 0.3) is 10.8 Å². The Morgan fingerprint density at radius 1 is 1.05 bits per heavy atom. The highest BCUT2D eigenvalue weighted by Gasteiger charge is 2.08. The zero-order valence-corrected chi connectivity index (χ0v) is 10.3. The number of amides is 2. The van der Waals surface area contributed by atoms with Gasteiger partial charge in [0, 0.05) is 16.8 Å². The summed E-state index contributed by atoms with van der Waals surface area (Å²) in [5.41, 5.74) is 0.593. The van der Waals surface area contributed by atoms with E-state index in [0.29, 0.717) is 11.1 Å². The number of carbonyl (C=O) groups excluding carboxylic acids is 1. The molecule has 0 saturated carbocycles. The van der Waals surface area contributed by atoms with Crippen molar-refractivity contribution in [2.24, 2.45) is 0 Å². The van der Waals surface area contributed by atoms with Crippen LogP contribution >= 0.6 is 0 Å². The van der Waals surface area contributed by atoms with Crippen LogP contribution in [-0.2, 0) is 0 Å². The molecule has 0 unspecified atom stereocenters. The number of carbonyl (C=O) groups is 1. The quantitative estimate of drug-likeness (QED) is 0.666. The lowest BCUT2D eigenvalue weighted by Crippen LogP contribution is -2.19. The Labute approximate surface area is 114 Å². The molecular formula is C14H11N3O3. The lowest BCUT2D eigenvalue weighted by atomic mass is 10.1. The first-order chi connectivity index (χ1) is 9.74. The van der Waals surface area contributed by atoms with Gasteiger partial charge in [-0.2, -0.15) is 0 Å². The number of anilines is 2. The summed E-state index contributed by atoms with van der Waals surface area (Å²) in [5.74, 6) is 0.423. The molecule has 0 fully saturated rings. The minimum atomic E-state index is -0.447. The van der Waals surface area contributed by atoms with Crippen LogP contribution in [0.15, 0.2) is 53.2 Å². The van der Waals surface area contributed by atoms with Gasteiger partial charge in [-0.25, -0.2) is 4.79 Å². The molecular weight excluding hydrogens is 258 g/mol. The predicted octanol–water partition coefficient (Wildman–Crippen LogP) is 3.18. The average Bonchev–Trinajstić information content (AvgIpc) is 2.93. The van der Waals surface area contributed by atoms with Crippen molar-refractivity contribution in [3.63, 3.8) is 0 Å². The van der Waals surface area contributed by atoms with E-state index in [2.05, 4.69) is 15.8 Å². The molecule has 6 nitrogen and oxygen atoms in total. The summed E-state index contributed by atoms with van der Waals surface area (Å²) in [6, 6.07) is 11.5. The smallest absolute Gasteiger partial charge is 0.326 e. The van der Waals surface area contributed by atoms with Crippen LogP contribution in [0.3, 0.4) is 0 Å². The van der Waals surface area contributed by atoms with E-state index in [0.717, 1.165) is 5.39 Å². The van der Waals surface area contributed by atoms with Gasteiger partial charge in [-0.05, 0) is 12.1 Å². The number of nitrogens with one attached hydrogen (secondary N) is 2. The highest BCUT2D eigenvalue weighted by Crippen LogP contribution is 2.29. The topological polar surface area (TPSA) is 87.4 Å². The number of aromatic hydroxyl groups is 1. The summed E-state index contributed by atoms with van der Waals surface area (Å²) >= 11 is 0. The number of hydrogen-bond acceptors (Lipinski definition) is 4. The average molecular weight is 269 g/mol. The number of phenolic OH excluding ortho intramolecular Hbond substituents is 1. The summed E-state index contributed by atoms with van der Waals surface area (Å²) in [7, 11) is 0. The Morgan fingerprint density at radius 3 is 2.65 bits per heavy atom. The molecule has 3 aromatic rings. The van der Waals surface area contributed by atoms with Gasteiger partial charge in [-0.15, -0.1) is 0 Å². The van der Waals surface area contributed by atoms with Gasteiger partial charge in [0.1, 0.15) is 5.75 Å². The first-order valence-electron chi connectivity index (χ1n) is 5.93. The van der Waals surface area contributed by atoms with Crippen molar-refractivity contribution < 1.29 is 14.4 Å². The van der Waals surface area contributed by atoms with Gasteiger partial charge in [-0.1, -0.05) is 29.4 Å². The van der Waals surface area contributed by atoms with E-state index in [-0.39, 0.29) is 11.6 Å². The summed E-state index contributed by atoms with van der Waals surface area (Å²) in [6.07, 6.45) is 1.44. The van der Waals surface area contributed by atoms with E-state index in [9.17, 15) is 9.90 Å². The Balaban J connectivity index is 1.87. The maximum Gasteiger partial charge on any atom is 0.326 e. The first kappa shape index (κ1) is 12.0. The van der Waals surface area contributed by atoms with Crippen molar-refractivity contribution in [3.05, 3.63) is 48.7 Å².